The molecule has 1 aromatic rings. The molecular formula is C14H12Fe-2. The van der Waals surface area contributed by atoms with E-state index in [1.807, 2.05) is 30.3 Å². The van der Waals surface area contributed by atoms with Crippen LogP contribution in [0.4, 0.5) is 0 Å². The van der Waals surface area contributed by atoms with E-state index in [9.17, 15) is 0 Å². The molecule has 15 heavy (non-hydrogen) atoms. The van der Waals surface area contributed by atoms with Gasteiger partial charge in [0.05, 0.1) is 0 Å². The number of rotatable bonds is 0. The second kappa shape index (κ2) is 6.23. The number of fused-ring (bicyclic) bond motifs is 1. The molecule has 0 saturated heterocycles. The molecule has 1 aromatic carbocycles. The molecule has 0 nitrogen and oxygen atoms in total. The Morgan fingerprint density at radius 3 is 2.00 bits per heavy atom. The molecule has 2 aliphatic carbocycles. The fourth-order valence-corrected chi connectivity index (χ4v) is 1.39. The van der Waals surface area contributed by atoms with Gasteiger partial charge in [-0.15, -0.1) is 17.2 Å². The SMILES string of the molecule is [Fe].c1cc2cc[cH-]cc-2c1.c1cc[cH-]c1. The molecule has 0 N–H and O–H groups in total. The molecule has 0 unspecified atom stereocenters. The first-order valence-corrected chi connectivity index (χ1v) is 4.74. The minimum atomic E-state index is 0. The van der Waals surface area contributed by atoms with Gasteiger partial charge in [-0.3, -0.25) is 0 Å². The summed E-state index contributed by atoms with van der Waals surface area (Å²) in [5, 5.41) is 0. The largest absolute Gasteiger partial charge is 0.214 e. The first-order valence-electron chi connectivity index (χ1n) is 4.74. The quantitative estimate of drug-likeness (QED) is 0.410. The summed E-state index contributed by atoms with van der Waals surface area (Å²) in [5.74, 6) is 0. The fraction of sp³-hybridized carbons (Fsp3) is 0. The zero-order valence-electron chi connectivity index (χ0n) is 8.28. The Balaban J connectivity index is 0.000000162. The van der Waals surface area contributed by atoms with Crippen molar-refractivity contribution >= 4 is 0 Å². The second-order valence-corrected chi connectivity index (χ2v) is 3.12. The van der Waals surface area contributed by atoms with Crippen molar-refractivity contribution in [1.82, 2.24) is 0 Å². The molecule has 0 saturated carbocycles. The van der Waals surface area contributed by atoms with E-state index in [1.165, 1.54) is 11.1 Å². The van der Waals surface area contributed by atoms with Crippen molar-refractivity contribution in [2.45, 2.75) is 0 Å². The smallest absolute Gasteiger partial charge is 0 e. The van der Waals surface area contributed by atoms with Gasteiger partial charge in [0, 0.05) is 17.1 Å². The Bertz CT molecular complexity index is 378. The molecule has 3 rings (SSSR count). The maximum atomic E-state index is 2.12. The molecule has 0 fully saturated rings. The number of hydrogen-bond acceptors (Lipinski definition) is 0. The predicted octanol–water partition coefficient (Wildman–Crippen LogP) is 3.91. The van der Waals surface area contributed by atoms with Crippen LogP contribution in [-0.2, 0) is 17.1 Å². The molecule has 78 valence electrons. The average Bonchev–Trinajstić information content (AvgIpc) is 2.92. The number of hydrogen-bond donors (Lipinski definition) is 0. The molecule has 0 aromatic heterocycles. The first-order chi connectivity index (χ1) is 6.97. The van der Waals surface area contributed by atoms with Gasteiger partial charge in [0.25, 0.3) is 0 Å². The van der Waals surface area contributed by atoms with Crippen molar-refractivity contribution in [3.63, 3.8) is 0 Å². The molecular weight excluding hydrogens is 224 g/mol. The van der Waals surface area contributed by atoms with Crippen LogP contribution in [0.1, 0.15) is 0 Å². The molecule has 0 radical (unpaired) electrons. The van der Waals surface area contributed by atoms with Crippen molar-refractivity contribution < 1.29 is 17.1 Å². The van der Waals surface area contributed by atoms with Crippen molar-refractivity contribution in [2.75, 3.05) is 0 Å². The van der Waals surface area contributed by atoms with Crippen LogP contribution >= 0.6 is 0 Å². The molecule has 0 heterocycles. The summed E-state index contributed by atoms with van der Waals surface area (Å²) in [4.78, 5) is 0. The topological polar surface area (TPSA) is 0 Å². The van der Waals surface area contributed by atoms with E-state index in [1.54, 1.807) is 0 Å². The standard InChI is InChI=1S/C9H7.C5H5.Fe/c1-2-5-9-7-3-6-8(9)4-1;1-2-4-5-3-1;/h1-7H;1-5H;/q2*-1;. The van der Waals surface area contributed by atoms with E-state index in [2.05, 4.69) is 42.5 Å². The van der Waals surface area contributed by atoms with Gasteiger partial charge >= 0.3 is 0 Å². The van der Waals surface area contributed by atoms with Gasteiger partial charge in [0.2, 0.25) is 0 Å². The van der Waals surface area contributed by atoms with E-state index in [0.717, 1.165) is 0 Å². The van der Waals surface area contributed by atoms with E-state index in [4.69, 9.17) is 0 Å². The van der Waals surface area contributed by atoms with Gasteiger partial charge in [-0.25, -0.2) is 12.1 Å². The summed E-state index contributed by atoms with van der Waals surface area (Å²) >= 11 is 0. The minimum Gasteiger partial charge on any atom is -0.214 e. The van der Waals surface area contributed by atoms with Crippen LogP contribution in [0.15, 0.2) is 72.8 Å². The molecule has 1 heteroatoms. The van der Waals surface area contributed by atoms with E-state index in [-0.39, 0.29) is 17.1 Å². The van der Waals surface area contributed by atoms with Crippen LogP contribution in [0.2, 0.25) is 0 Å². The van der Waals surface area contributed by atoms with Gasteiger partial charge in [-0.1, -0.05) is 12.1 Å². The molecule has 2 aliphatic rings. The van der Waals surface area contributed by atoms with E-state index in [0.29, 0.717) is 0 Å². The van der Waals surface area contributed by atoms with Crippen molar-refractivity contribution in [2.24, 2.45) is 0 Å². The average molecular weight is 236 g/mol. The Kier molecular flexibility index (Phi) is 4.89. The van der Waals surface area contributed by atoms with Gasteiger partial charge in [0.15, 0.2) is 0 Å². The molecule has 0 amide bonds. The molecule has 0 aliphatic heterocycles. The zero-order valence-corrected chi connectivity index (χ0v) is 9.39. The van der Waals surface area contributed by atoms with Crippen LogP contribution in [-0.4, -0.2) is 0 Å². The maximum absolute atomic E-state index is 2.12. The van der Waals surface area contributed by atoms with Crippen LogP contribution in [0, 0.1) is 0 Å². The van der Waals surface area contributed by atoms with Crippen molar-refractivity contribution in [3.05, 3.63) is 72.8 Å². The Morgan fingerprint density at radius 1 is 0.667 bits per heavy atom. The zero-order chi connectivity index (χ0) is 9.64. The van der Waals surface area contributed by atoms with E-state index < -0.39 is 0 Å². The fourth-order valence-electron chi connectivity index (χ4n) is 1.39. The van der Waals surface area contributed by atoms with Crippen LogP contribution in [0.5, 0.6) is 0 Å². The molecule has 0 spiro atoms. The third kappa shape index (κ3) is 3.39. The summed E-state index contributed by atoms with van der Waals surface area (Å²) < 4.78 is 0. The van der Waals surface area contributed by atoms with Crippen molar-refractivity contribution in [3.8, 4) is 11.1 Å². The van der Waals surface area contributed by atoms with Gasteiger partial charge < -0.3 is 0 Å². The Morgan fingerprint density at radius 2 is 1.40 bits per heavy atom. The number of benzene rings is 1. The van der Waals surface area contributed by atoms with Crippen LogP contribution in [0.25, 0.3) is 11.1 Å². The Labute approximate surface area is 101 Å². The summed E-state index contributed by atoms with van der Waals surface area (Å²) in [6.45, 7) is 0. The predicted molar refractivity (Wildman–Crippen MR) is 60.7 cm³/mol. The maximum Gasteiger partial charge on any atom is 0 e. The minimum absolute atomic E-state index is 0. The van der Waals surface area contributed by atoms with Gasteiger partial charge in [-0.2, -0.15) is 42.5 Å². The summed E-state index contributed by atoms with van der Waals surface area (Å²) in [6.07, 6.45) is 0. The third-order valence-corrected chi connectivity index (χ3v) is 2.10. The van der Waals surface area contributed by atoms with Gasteiger partial charge in [0.1, 0.15) is 0 Å². The monoisotopic (exact) mass is 236 g/mol. The second-order valence-electron chi connectivity index (χ2n) is 3.12. The first kappa shape index (κ1) is 11.8. The van der Waals surface area contributed by atoms with Gasteiger partial charge in [-0.05, 0) is 0 Å². The van der Waals surface area contributed by atoms with E-state index >= 15 is 0 Å². The Hall–Kier alpha value is -1.30. The van der Waals surface area contributed by atoms with Crippen LogP contribution in [0.3, 0.4) is 0 Å². The van der Waals surface area contributed by atoms with Crippen molar-refractivity contribution in [1.29, 1.82) is 0 Å². The summed E-state index contributed by atoms with van der Waals surface area (Å²) in [5.41, 5.74) is 2.66. The molecule has 0 bridgehead atoms. The summed E-state index contributed by atoms with van der Waals surface area (Å²) in [6, 6.07) is 24.7. The van der Waals surface area contributed by atoms with Crippen LogP contribution < -0.4 is 0 Å². The normalized spacial score (nSPS) is 8.80. The molecule has 0 atom stereocenters. The third-order valence-electron chi connectivity index (χ3n) is 2.10. The summed E-state index contributed by atoms with van der Waals surface area (Å²) in [7, 11) is 0.